The van der Waals surface area contributed by atoms with Gasteiger partial charge in [-0.3, -0.25) is 9.78 Å². The Morgan fingerprint density at radius 3 is 2.76 bits per heavy atom. The molecule has 4 rings (SSSR count). The maximum Gasteiger partial charge on any atom is 0.249 e. The van der Waals surface area contributed by atoms with Crippen molar-refractivity contribution in [2.24, 2.45) is 5.92 Å². The Labute approximate surface area is 200 Å². The Balaban J connectivity index is 1.35. The summed E-state index contributed by atoms with van der Waals surface area (Å²) < 4.78 is 11.2. The number of thiazole rings is 1. The molecule has 1 atom stereocenters. The lowest BCUT2D eigenvalue weighted by molar-refractivity contribution is -0.121. The predicted molar refractivity (Wildman–Crippen MR) is 125 cm³/mol. The normalized spacial score (nSPS) is 12.0. The summed E-state index contributed by atoms with van der Waals surface area (Å²) in [7, 11) is 0. The van der Waals surface area contributed by atoms with Crippen LogP contribution in [0.1, 0.15) is 36.5 Å². The zero-order valence-electron chi connectivity index (χ0n) is 18.1. The van der Waals surface area contributed by atoms with Gasteiger partial charge in [0, 0.05) is 28.4 Å². The van der Waals surface area contributed by atoms with Crippen LogP contribution in [0.3, 0.4) is 0 Å². The molecular weight excluding hydrogens is 462 g/mol. The van der Waals surface area contributed by atoms with Gasteiger partial charge in [0.2, 0.25) is 17.6 Å². The van der Waals surface area contributed by atoms with E-state index >= 15 is 0 Å². The molecule has 8 nitrogen and oxygen atoms in total. The average Bonchev–Trinajstić information content (AvgIpc) is 3.47. The highest BCUT2D eigenvalue weighted by molar-refractivity contribution is 7.09. The molecule has 0 bridgehead atoms. The number of amides is 1. The van der Waals surface area contributed by atoms with E-state index in [-0.39, 0.29) is 18.2 Å². The van der Waals surface area contributed by atoms with E-state index in [1.165, 1.54) is 11.3 Å². The fourth-order valence-corrected chi connectivity index (χ4v) is 3.88. The van der Waals surface area contributed by atoms with Gasteiger partial charge >= 0.3 is 0 Å². The van der Waals surface area contributed by atoms with Crippen LogP contribution in [0.15, 0.2) is 58.7 Å². The minimum absolute atomic E-state index is 0.0509. The molecule has 0 aliphatic carbocycles. The highest BCUT2D eigenvalue weighted by Gasteiger charge is 2.25. The number of nitrogens with zero attached hydrogens (tertiary/aromatic N) is 4. The number of pyridine rings is 1. The molecule has 33 heavy (non-hydrogen) atoms. The molecule has 0 fully saturated rings. The van der Waals surface area contributed by atoms with Gasteiger partial charge in [-0.1, -0.05) is 30.6 Å². The lowest BCUT2D eigenvalue weighted by Gasteiger charge is -2.18. The first-order valence-electron chi connectivity index (χ1n) is 10.3. The van der Waals surface area contributed by atoms with E-state index < -0.39 is 6.04 Å². The summed E-state index contributed by atoms with van der Waals surface area (Å²) in [4.78, 5) is 25.7. The fourth-order valence-electron chi connectivity index (χ4n) is 3.05. The van der Waals surface area contributed by atoms with Crippen LogP contribution in [0, 0.1) is 5.92 Å². The Kier molecular flexibility index (Phi) is 7.31. The third kappa shape index (κ3) is 6.15. The van der Waals surface area contributed by atoms with Gasteiger partial charge in [0.15, 0.2) is 0 Å². The molecule has 0 spiro atoms. The van der Waals surface area contributed by atoms with Crippen molar-refractivity contribution in [3.05, 3.63) is 75.8 Å². The van der Waals surface area contributed by atoms with Gasteiger partial charge in [-0.2, -0.15) is 4.98 Å². The summed E-state index contributed by atoms with van der Waals surface area (Å²) in [6.07, 6.45) is 3.48. The largest absolute Gasteiger partial charge is 0.486 e. The number of ether oxygens (including phenoxy) is 1. The van der Waals surface area contributed by atoms with Crippen LogP contribution >= 0.6 is 22.9 Å². The topological polar surface area (TPSA) is 103 Å². The van der Waals surface area contributed by atoms with Crippen LogP contribution in [0.2, 0.25) is 5.02 Å². The molecule has 3 aromatic heterocycles. The highest BCUT2D eigenvalue weighted by Crippen LogP contribution is 2.24. The quantitative estimate of drug-likeness (QED) is 0.362. The number of nitrogens with one attached hydrogen (secondary N) is 1. The van der Waals surface area contributed by atoms with Gasteiger partial charge in [-0.15, -0.1) is 11.3 Å². The van der Waals surface area contributed by atoms with Gasteiger partial charge in [0.25, 0.3) is 0 Å². The third-order valence-electron chi connectivity index (χ3n) is 4.73. The first kappa shape index (κ1) is 22.9. The molecule has 10 heteroatoms. The Morgan fingerprint density at radius 2 is 2.03 bits per heavy atom. The van der Waals surface area contributed by atoms with Gasteiger partial charge in [0.1, 0.15) is 23.4 Å². The molecule has 1 aromatic carbocycles. The van der Waals surface area contributed by atoms with Crippen molar-refractivity contribution in [2.75, 3.05) is 0 Å². The smallest absolute Gasteiger partial charge is 0.249 e. The SMILES string of the molecule is CC(C)C(NC(=O)Cc1csc(COc2ccc(Cl)cc2)n1)c1nc(-c2cccnc2)no1. The minimum Gasteiger partial charge on any atom is -0.486 e. The Bertz CT molecular complexity index is 1190. The first-order valence-corrected chi connectivity index (χ1v) is 11.6. The summed E-state index contributed by atoms with van der Waals surface area (Å²) in [5, 5.41) is 10.3. The molecule has 0 saturated heterocycles. The molecule has 1 amide bonds. The van der Waals surface area contributed by atoms with Crippen molar-refractivity contribution in [1.82, 2.24) is 25.4 Å². The molecule has 1 N–H and O–H groups in total. The molecule has 0 saturated carbocycles. The van der Waals surface area contributed by atoms with Crippen molar-refractivity contribution < 1.29 is 14.1 Å². The van der Waals surface area contributed by atoms with E-state index in [4.69, 9.17) is 20.9 Å². The van der Waals surface area contributed by atoms with E-state index in [2.05, 4.69) is 25.4 Å². The number of hydrogen-bond acceptors (Lipinski definition) is 8. The second-order valence-electron chi connectivity index (χ2n) is 7.64. The van der Waals surface area contributed by atoms with Crippen LogP contribution in [-0.2, 0) is 17.8 Å². The van der Waals surface area contributed by atoms with Crippen molar-refractivity contribution in [1.29, 1.82) is 0 Å². The highest BCUT2D eigenvalue weighted by atomic mass is 35.5. The molecule has 0 aliphatic rings. The van der Waals surface area contributed by atoms with Crippen LogP contribution in [0.25, 0.3) is 11.4 Å². The number of benzene rings is 1. The molecule has 1 unspecified atom stereocenters. The van der Waals surface area contributed by atoms with E-state index in [1.54, 1.807) is 42.7 Å². The summed E-state index contributed by atoms with van der Waals surface area (Å²) in [5.74, 6) is 1.37. The van der Waals surface area contributed by atoms with Crippen molar-refractivity contribution in [2.45, 2.75) is 32.9 Å². The number of carbonyl (C=O) groups is 1. The van der Waals surface area contributed by atoms with E-state index in [0.29, 0.717) is 34.8 Å². The van der Waals surface area contributed by atoms with Gasteiger partial charge in [-0.05, 0) is 42.3 Å². The van der Waals surface area contributed by atoms with Gasteiger partial charge < -0.3 is 14.6 Å². The standard InChI is InChI=1S/C23H22ClN5O3S/c1-14(2)21(23-28-22(29-32-23)15-4-3-9-25-11-15)27-19(30)10-17-13-33-20(26-17)12-31-18-7-5-16(24)6-8-18/h3-9,11,13-14,21H,10,12H2,1-2H3,(H,27,30). The molecular formula is C23H22ClN5O3S. The number of hydrogen-bond donors (Lipinski definition) is 1. The lowest BCUT2D eigenvalue weighted by atomic mass is 10.0. The molecule has 4 aromatic rings. The summed E-state index contributed by atoms with van der Waals surface area (Å²) in [5.41, 5.74) is 1.42. The van der Waals surface area contributed by atoms with Crippen LogP contribution in [0.4, 0.5) is 0 Å². The van der Waals surface area contributed by atoms with E-state index in [0.717, 1.165) is 10.6 Å². The van der Waals surface area contributed by atoms with E-state index in [9.17, 15) is 4.79 Å². The van der Waals surface area contributed by atoms with Crippen LogP contribution in [0.5, 0.6) is 5.75 Å². The van der Waals surface area contributed by atoms with Crippen molar-refractivity contribution in [3.8, 4) is 17.1 Å². The third-order valence-corrected chi connectivity index (χ3v) is 5.85. The number of carbonyl (C=O) groups excluding carboxylic acids is 1. The maximum atomic E-state index is 12.7. The second kappa shape index (κ2) is 10.5. The lowest BCUT2D eigenvalue weighted by Crippen LogP contribution is -2.33. The zero-order valence-corrected chi connectivity index (χ0v) is 19.6. The van der Waals surface area contributed by atoms with E-state index in [1.807, 2.05) is 25.3 Å². The number of aromatic nitrogens is 4. The van der Waals surface area contributed by atoms with Crippen LogP contribution < -0.4 is 10.1 Å². The van der Waals surface area contributed by atoms with Gasteiger partial charge in [-0.25, -0.2) is 4.98 Å². The van der Waals surface area contributed by atoms with Crippen LogP contribution in [-0.4, -0.2) is 26.0 Å². The van der Waals surface area contributed by atoms with Crippen molar-refractivity contribution >= 4 is 28.8 Å². The monoisotopic (exact) mass is 483 g/mol. The first-order chi connectivity index (χ1) is 16.0. The van der Waals surface area contributed by atoms with Crippen molar-refractivity contribution in [3.63, 3.8) is 0 Å². The summed E-state index contributed by atoms with van der Waals surface area (Å²) in [6.45, 7) is 4.28. The molecule has 3 heterocycles. The summed E-state index contributed by atoms with van der Waals surface area (Å²) in [6, 6.07) is 10.4. The number of rotatable bonds is 9. The maximum absolute atomic E-state index is 12.7. The molecule has 0 aliphatic heterocycles. The average molecular weight is 484 g/mol. The fraction of sp³-hybridized carbons (Fsp3) is 0.261. The van der Waals surface area contributed by atoms with Gasteiger partial charge in [0.05, 0.1) is 12.1 Å². The Morgan fingerprint density at radius 1 is 1.21 bits per heavy atom. The minimum atomic E-state index is -0.415. The Hall–Kier alpha value is -3.30. The number of halogens is 1. The predicted octanol–water partition coefficient (Wildman–Crippen LogP) is 4.88. The molecule has 0 radical (unpaired) electrons. The molecule has 170 valence electrons. The summed E-state index contributed by atoms with van der Waals surface area (Å²) >= 11 is 7.33. The zero-order chi connectivity index (χ0) is 23.2. The second-order valence-corrected chi connectivity index (χ2v) is 9.02.